The molecule has 0 radical (unpaired) electrons. The highest BCUT2D eigenvalue weighted by Crippen LogP contribution is 2.37. The maximum absolute atomic E-state index is 9.85. The SMILES string of the molecule is Cc1nc(N2CC(C(C)O)C2)cc(-n2ncc3cc(Cl)c(C4CCN(C5CCOC5)CC4)cc32)n1. The average molecular weight is 497 g/mol. The molecular weight excluding hydrogens is 464 g/mol. The molecule has 2 aromatic heterocycles. The quantitative estimate of drug-likeness (QED) is 0.578. The standard InChI is InChI=1S/C26H33ClN6O2/c1-16(34)20-13-32(14-20)25-11-26(30-17(2)29-25)33-24-10-22(23(27)9-19(24)12-28-33)18-3-6-31(7-4-18)21-5-8-35-15-21/h9-12,16,18,20-21,34H,3-8,13-15H2,1-2H3. The molecule has 8 nitrogen and oxygen atoms in total. The minimum Gasteiger partial charge on any atom is -0.393 e. The van der Waals surface area contributed by atoms with Crippen LogP contribution in [0.15, 0.2) is 24.4 Å². The molecule has 0 spiro atoms. The summed E-state index contributed by atoms with van der Waals surface area (Å²) in [5.41, 5.74) is 2.22. The Balaban J connectivity index is 1.27. The molecule has 2 atom stereocenters. The third kappa shape index (κ3) is 4.42. The van der Waals surface area contributed by atoms with Gasteiger partial charge < -0.3 is 14.7 Å². The van der Waals surface area contributed by atoms with Gasteiger partial charge in [0.25, 0.3) is 0 Å². The Bertz CT molecular complexity index is 1210. The van der Waals surface area contributed by atoms with Crippen LogP contribution < -0.4 is 4.90 Å². The lowest BCUT2D eigenvalue weighted by atomic mass is 9.88. The number of aryl methyl sites for hydroxylation is 1. The summed E-state index contributed by atoms with van der Waals surface area (Å²) in [6.45, 7) is 9.31. The van der Waals surface area contributed by atoms with Gasteiger partial charge in [-0.25, -0.2) is 14.6 Å². The van der Waals surface area contributed by atoms with E-state index in [2.05, 4.69) is 25.9 Å². The zero-order valence-electron chi connectivity index (χ0n) is 20.4. The van der Waals surface area contributed by atoms with Gasteiger partial charge in [0.2, 0.25) is 0 Å². The Morgan fingerprint density at radius 1 is 1.09 bits per heavy atom. The summed E-state index contributed by atoms with van der Waals surface area (Å²) in [5, 5.41) is 16.4. The van der Waals surface area contributed by atoms with Gasteiger partial charge in [0.1, 0.15) is 11.6 Å². The summed E-state index contributed by atoms with van der Waals surface area (Å²) in [6, 6.07) is 6.83. The van der Waals surface area contributed by atoms with Gasteiger partial charge in [-0.2, -0.15) is 5.10 Å². The van der Waals surface area contributed by atoms with Gasteiger partial charge in [-0.05, 0) is 69.8 Å². The summed E-state index contributed by atoms with van der Waals surface area (Å²) in [7, 11) is 0. The molecule has 0 saturated carbocycles. The number of aliphatic hydroxyl groups is 1. The molecule has 0 amide bonds. The van der Waals surface area contributed by atoms with E-state index in [0.717, 1.165) is 86.2 Å². The highest BCUT2D eigenvalue weighted by molar-refractivity contribution is 6.32. The molecule has 3 fully saturated rings. The average Bonchev–Trinajstić information content (AvgIpc) is 3.47. The predicted molar refractivity (Wildman–Crippen MR) is 137 cm³/mol. The molecule has 1 aromatic carbocycles. The summed E-state index contributed by atoms with van der Waals surface area (Å²) in [6.07, 6.45) is 4.91. The largest absolute Gasteiger partial charge is 0.393 e. The van der Waals surface area contributed by atoms with E-state index in [0.29, 0.717) is 17.8 Å². The highest BCUT2D eigenvalue weighted by atomic mass is 35.5. The van der Waals surface area contributed by atoms with Crippen LogP contribution >= 0.6 is 11.6 Å². The van der Waals surface area contributed by atoms with Crippen molar-refractivity contribution in [2.24, 2.45) is 5.92 Å². The molecular formula is C26H33ClN6O2. The number of rotatable bonds is 5. The van der Waals surface area contributed by atoms with Gasteiger partial charge >= 0.3 is 0 Å². The van der Waals surface area contributed by atoms with Crippen LogP contribution in [0.1, 0.15) is 43.5 Å². The number of benzene rings is 1. The molecule has 0 bridgehead atoms. The molecule has 3 aliphatic rings. The van der Waals surface area contributed by atoms with Crippen molar-refractivity contribution in [1.29, 1.82) is 0 Å². The van der Waals surface area contributed by atoms with Crippen LogP contribution in [-0.4, -0.2) is 81.3 Å². The fraction of sp³-hybridized carbons (Fsp3) is 0.577. The molecule has 186 valence electrons. The van der Waals surface area contributed by atoms with Gasteiger partial charge in [-0.1, -0.05) is 11.6 Å². The lowest BCUT2D eigenvalue weighted by Crippen LogP contribution is -2.51. The van der Waals surface area contributed by atoms with Gasteiger partial charge in [-0.15, -0.1) is 0 Å². The number of hydrogen-bond acceptors (Lipinski definition) is 7. The normalized spacial score (nSPS) is 23.2. The molecule has 35 heavy (non-hydrogen) atoms. The minimum atomic E-state index is -0.301. The first kappa shape index (κ1) is 23.2. The molecule has 3 aromatic rings. The number of piperidine rings is 1. The van der Waals surface area contributed by atoms with Crippen LogP contribution in [0.2, 0.25) is 5.02 Å². The second-order valence-electron chi connectivity index (χ2n) is 10.4. The van der Waals surface area contributed by atoms with Gasteiger partial charge in [-0.3, -0.25) is 4.90 Å². The minimum absolute atomic E-state index is 0.288. The first-order valence-electron chi connectivity index (χ1n) is 12.7. The van der Waals surface area contributed by atoms with E-state index in [1.54, 1.807) is 0 Å². The number of hydrogen-bond donors (Lipinski definition) is 1. The van der Waals surface area contributed by atoms with E-state index >= 15 is 0 Å². The fourth-order valence-electron chi connectivity index (χ4n) is 5.76. The number of aromatic nitrogens is 4. The molecule has 9 heteroatoms. The molecule has 5 heterocycles. The molecule has 1 N–H and O–H groups in total. The van der Waals surface area contributed by atoms with Gasteiger partial charge in [0, 0.05) is 48.1 Å². The van der Waals surface area contributed by atoms with E-state index in [1.807, 2.05) is 36.9 Å². The summed E-state index contributed by atoms with van der Waals surface area (Å²) in [4.78, 5) is 14.1. The Morgan fingerprint density at radius 2 is 1.86 bits per heavy atom. The molecule has 3 aliphatic heterocycles. The Morgan fingerprint density at radius 3 is 2.57 bits per heavy atom. The summed E-state index contributed by atoms with van der Waals surface area (Å²) in [5.74, 6) is 3.07. The number of nitrogens with zero attached hydrogens (tertiary/aromatic N) is 6. The maximum Gasteiger partial charge on any atom is 0.159 e. The second kappa shape index (κ2) is 9.32. The van der Waals surface area contributed by atoms with Crippen molar-refractivity contribution in [2.75, 3.05) is 44.3 Å². The van der Waals surface area contributed by atoms with Crippen LogP contribution in [0.5, 0.6) is 0 Å². The smallest absolute Gasteiger partial charge is 0.159 e. The maximum atomic E-state index is 9.85. The summed E-state index contributed by atoms with van der Waals surface area (Å²) < 4.78 is 7.50. The molecule has 3 saturated heterocycles. The Labute approximate surface area is 210 Å². The number of likely N-dealkylation sites (tertiary alicyclic amines) is 1. The van der Waals surface area contributed by atoms with Crippen LogP contribution in [0, 0.1) is 12.8 Å². The predicted octanol–water partition coefficient (Wildman–Crippen LogP) is 3.56. The lowest BCUT2D eigenvalue weighted by molar-refractivity contribution is 0.107. The van der Waals surface area contributed by atoms with E-state index in [1.165, 1.54) is 5.56 Å². The van der Waals surface area contributed by atoms with Crippen molar-refractivity contribution < 1.29 is 9.84 Å². The topological polar surface area (TPSA) is 79.5 Å². The van der Waals surface area contributed by atoms with Crippen LogP contribution in [0.25, 0.3) is 16.7 Å². The molecule has 0 aliphatic carbocycles. The van der Waals surface area contributed by atoms with E-state index in [9.17, 15) is 5.11 Å². The van der Waals surface area contributed by atoms with Crippen molar-refractivity contribution in [1.82, 2.24) is 24.6 Å². The number of aliphatic hydroxyl groups excluding tert-OH is 1. The highest BCUT2D eigenvalue weighted by Gasteiger charge is 2.32. The monoisotopic (exact) mass is 496 g/mol. The Kier molecular flexibility index (Phi) is 6.16. The number of ether oxygens (including phenoxy) is 1. The number of anilines is 1. The van der Waals surface area contributed by atoms with Crippen molar-refractivity contribution in [3.8, 4) is 5.82 Å². The van der Waals surface area contributed by atoms with Crippen molar-refractivity contribution >= 4 is 28.3 Å². The second-order valence-corrected chi connectivity index (χ2v) is 10.8. The van der Waals surface area contributed by atoms with Crippen molar-refractivity contribution in [3.63, 3.8) is 0 Å². The van der Waals surface area contributed by atoms with Crippen molar-refractivity contribution in [3.05, 3.63) is 40.8 Å². The summed E-state index contributed by atoms with van der Waals surface area (Å²) >= 11 is 6.79. The van der Waals surface area contributed by atoms with Crippen LogP contribution in [0.3, 0.4) is 0 Å². The molecule has 6 rings (SSSR count). The first-order chi connectivity index (χ1) is 17.0. The van der Waals surface area contributed by atoms with Crippen LogP contribution in [-0.2, 0) is 4.74 Å². The third-order valence-electron chi connectivity index (χ3n) is 8.02. The fourth-order valence-corrected chi connectivity index (χ4v) is 6.08. The lowest BCUT2D eigenvalue weighted by Gasteiger charge is -2.41. The molecule has 2 unspecified atom stereocenters. The van der Waals surface area contributed by atoms with Gasteiger partial charge in [0.05, 0.1) is 24.4 Å². The van der Waals surface area contributed by atoms with E-state index < -0.39 is 0 Å². The Hall–Kier alpha value is -2.26. The van der Waals surface area contributed by atoms with Crippen LogP contribution in [0.4, 0.5) is 5.82 Å². The van der Waals surface area contributed by atoms with Crippen molar-refractivity contribution in [2.45, 2.75) is 51.2 Å². The van der Waals surface area contributed by atoms with Gasteiger partial charge in [0.15, 0.2) is 5.82 Å². The number of halogens is 1. The number of fused-ring (bicyclic) bond motifs is 1. The zero-order valence-corrected chi connectivity index (χ0v) is 21.2. The first-order valence-corrected chi connectivity index (χ1v) is 13.1. The van der Waals surface area contributed by atoms with E-state index in [-0.39, 0.29) is 12.0 Å². The van der Waals surface area contributed by atoms with E-state index in [4.69, 9.17) is 21.3 Å². The zero-order chi connectivity index (χ0) is 24.1. The third-order valence-corrected chi connectivity index (χ3v) is 8.35.